The summed E-state index contributed by atoms with van der Waals surface area (Å²) in [7, 11) is 3.27. The lowest BCUT2D eigenvalue weighted by molar-refractivity contribution is 0.356. The van der Waals surface area contributed by atoms with Crippen LogP contribution in [0.25, 0.3) is 21.9 Å². The van der Waals surface area contributed by atoms with Crippen LogP contribution in [0.15, 0.2) is 42.5 Å². The molecule has 0 saturated carbocycles. The van der Waals surface area contributed by atoms with Crippen molar-refractivity contribution in [2.75, 3.05) is 14.2 Å². The lowest BCUT2D eigenvalue weighted by Crippen LogP contribution is -2.05. The Kier molecular flexibility index (Phi) is 3.15. The predicted molar refractivity (Wildman–Crippen MR) is 91.6 cm³/mol. The molecule has 1 N–H and O–H groups in total. The number of phenolic OH excluding ortho intramolecular Hbond substituents is 1. The van der Waals surface area contributed by atoms with Crippen molar-refractivity contribution in [1.29, 1.82) is 0 Å². The van der Waals surface area contributed by atoms with E-state index >= 15 is 0 Å². The highest BCUT2D eigenvalue weighted by atomic mass is 16.5. The summed E-state index contributed by atoms with van der Waals surface area (Å²) in [4.78, 5) is 0. The van der Waals surface area contributed by atoms with Gasteiger partial charge in [0.05, 0.1) is 14.2 Å². The zero-order chi connectivity index (χ0) is 16.0. The Morgan fingerprint density at radius 2 is 1.65 bits per heavy atom. The number of methoxy groups -OCH3 is 2. The maximum absolute atomic E-state index is 10.5. The van der Waals surface area contributed by atoms with Crippen molar-refractivity contribution < 1.29 is 14.6 Å². The molecule has 0 bridgehead atoms. The van der Waals surface area contributed by atoms with Crippen LogP contribution in [-0.4, -0.2) is 19.3 Å². The molecule has 0 radical (unpaired) electrons. The minimum absolute atomic E-state index is 0.356. The number of hydrogen-bond acceptors (Lipinski definition) is 3. The van der Waals surface area contributed by atoms with Crippen molar-refractivity contribution in [2.24, 2.45) is 0 Å². The molecule has 3 aromatic rings. The third-order valence-electron chi connectivity index (χ3n) is 4.66. The Bertz CT molecular complexity index is 912. The fraction of sp³-hybridized carbons (Fsp3) is 0.200. The number of fused-ring (bicyclic) bond motifs is 5. The van der Waals surface area contributed by atoms with Gasteiger partial charge in [0.25, 0.3) is 0 Å². The fourth-order valence-electron chi connectivity index (χ4n) is 3.56. The number of benzene rings is 3. The van der Waals surface area contributed by atoms with Gasteiger partial charge in [-0.2, -0.15) is 0 Å². The molecular weight excluding hydrogens is 288 g/mol. The van der Waals surface area contributed by atoms with Gasteiger partial charge >= 0.3 is 0 Å². The third-order valence-corrected chi connectivity index (χ3v) is 4.66. The standard InChI is InChI=1S/C20H18O3/c1-22-18-10-13-9-17(21)15-8-7-12-5-3-4-6-14(12)20(15)16(13)11-19(18)23-2/h3-6,9-11,21H,7-8H2,1-2H3. The molecule has 1 aliphatic carbocycles. The second-order valence-electron chi connectivity index (χ2n) is 5.83. The molecule has 0 fully saturated rings. The van der Waals surface area contributed by atoms with E-state index < -0.39 is 0 Å². The normalized spacial score (nSPS) is 12.6. The van der Waals surface area contributed by atoms with E-state index in [1.54, 1.807) is 14.2 Å². The van der Waals surface area contributed by atoms with Crippen LogP contribution in [0.3, 0.4) is 0 Å². The highest BCUT2D eigenvalue weighted by molar-refractivity contribution is 6.02. The van der Waals surface area contributed by atoms with Gasteiger partial charge in [-0.05, 0) is 58.5 Å². The predicted octanol–water partition coefficient (Wildman–Crippen LogP) is 4.33. The van der Waals surface area contributed by atoms with Crippen LogP contribution >= 0.6 is 0 Å². The van der Waals surface area contributed by atoms with Crippen molar-refractivity contribution >= 4 is 10.8 Å². The molecular formula is C20H18O3. The fourth-order valence-corrected chi connectivity index (χ4v) is 3.56. The summed E-state index contributed by atoms with van der Waals surface area (Å²) < 4.78 is 10.9. The minimum atomic E-state index is 0.356. The van der Waals surface area contributed by atoms with E-state index in [4.69, 9.17) is 9.47 Å². The molecule has 116 valence electrons. The summed E-state index contributed by atoms with van der Waals surface area (Å²) in [5.74, 6) is 1.73. The molecule has 3 nitrogen and oxygen atoms in total. The van der Waals surface area contributed by atoms with Gasteiger partial charge in [-0.1, -0.05) is 24.3 Å². The van der Waals surface area contributed by atoms with Gasteiger partial charge in [-0.3, -0.25) is 0 Å². The highest BCUT2D eigenvalue weighted by Gasteiger charge is 2.22. The van der Waals surface area contributed by atoms with Gasteiger partial charge in [0.2, 0.25) is 0 Å². The van der Waals surface area contributed by atoms with Crippen LogP contribution < -0.4 is 9.47 Å². The first kappa shape index (κ1) is 13.9. The molecule has 0 unspecified atom stereocenters. The van der Waals surface area contributed by atoms with E-state index in [-0.39, 0.29) is 0 Å². The van der Waals surface area contributed by atoms with Crippen molar-refractivity contribution in [2.45, 2.75) is 12.8 Å². The second kappa shape index (κ2) is 5.20. The van der Waals surface area contributed by atoms with Gasteiger partial charge in [0.15, 0.2) is 11.5 Å². The quantitative estimate of drug-likeness (QED) is 0.766. The Hall–Kier alpha value is -2.68. The number of rotatable bonds is 2. The SMILES string of the molecule is COc1cc2cc(O)c3c(c2cc1OC)-c1ccccc1CC3. The van der Waals surface area contributed by atoms with Gasteiger partial charge in [-0.25, -0.2) is 0 Å². The lowest BCUT2D eigenvalue weighted by Gasteiger charge is -2.23. The van der Waals surface area contributed by atoms with E-state index in [1.807, 2.05) is 24.3 Å². The third kappa shape index (κ3) is 2.04. The number of hydrogen-bond donors (Lipinski definition) is 1. The van der Waals surface area contributed by atoms with Crippen LogP contribution in [0.5, 0.6) is 17.2 Å². The molecule has 3 heteroatoms. The van der Waals surface area contributed by atoms with Crippen LogP contribution in [0, 0.1) is 0 Å². The zero-order valence-corrected chi connectivity index (χ0v) is 13.2. The van der Waals surface area contributed by atoms with E-state index in [9.17, 15) is 5.11 Å². The summed E-state index contributed by atoms with van der Waals surface area (Å²) in [6.45, 7) is 0. The van der Waals surface area contributed by atoms with Crippen molar-refractivity contribution in [3.63, 3.8) is 0 Å². The number of phenols is 1. The largest absolute Gasteiger partial charge is 0.508 e. The summed E-state index contributed by atoms with van der Waals surface area (Å²) in [5, 5.41) is 12.5. The van der Waals surface area contributed by atoms with Crippen molar-refractivity contribution in [3.05, 3.63) is 53.6 Å². The van der Waals surface area contributed by atoms with Crippen LogP contribution in [0.2, 0.25) is 0 Å². The molecule has 3 aromatic carbocycles. The van der Waals surface area contributed by atoms with Gasteiger partial charge in [-0.15, -0.1) is 0 Å². The Morgan fingerprint density at radius 3 is 2.43 bits per heavy atom. The molecule has 0 atom stereocenters. The first-order valence-electron chi connectivity index (χ1n) is 7.71. The zero-order valence-electron chi connectivity index (χ0n) is 13.2. The summed E-state index contributed by atoms with van der Waals surface area (Å²) in [6.07, 6.45) is 1.80. The number of ether oxygens (including phenoxy) is 2. The first-order valence-corrected chi connectivity index (χ1v) is 7.71. The van der Waals surface area contributed by atoms with Gasteiger partial charge in [0, 0.05) is 5.56 Å². The maximum atomic E-state index is 10.5. The van der Waals surface area contributed by atoms with Gasteiger partial charge in [0.1, 0.15) is 5.75 Å². The number of aromatic hydroxyl groups is 1. The molecule has 23 heavy (non-hydrogen) atoms. The first-order chi connectivity index (χ1) is 11.2. The average Bonchev–Trinajstić information content (AvgIpc) is 2.60. The molecule has 0 aliphatic heterocycles. The highest BCUT2D eigenvalue weighted by Crippen LogP contribution is 2.45. The van der Waals surface area contributed by atoms with Crippen LogP contribution in [0.4, 0.5) is 0 Å². The number of aryl methyl sites for hydroxylation is 1. The smallest absolute Gasteiger partial charge is 0.161 e. The molecule has 0 aromatic heterocycles. The van der Waals surface area contributed by atoms with Crippen LogP contribution in [0.1, 0.15) is 11.1 Å². The molecule has 1 aliphatic rings. The van der Waals surface area contributed by atoms with E-state index in [2.05, 4.69) is 18.2 Å². The second-order valence-corrected chi connectivity index (χ2v) is 5.83. The Labute approximate surface area is 135 Å². The summed E-state index contributed by atoms with van der Waals surface area (Å²) in [6, 6.07) is 14.2. The van der Waals surface area contributed by atoms with Crippen LogP contribution in [-0.2, 0) is 12.8 Å². The molecule has 0 heterocycles. The molecule has 4 rings (SSSR count). The topological polar surface area (TPSA) is 38.7 Å². The molecule has 0 amide bonds. The Morgan fingerprint density at radius 1 is 0.913 bits per heavy atom. The van der Waals surface area contributed by atoms with E-state index in [0.717, 1.165) is 34.7 Å². The summed E-state index contributed by atoms with van der Waals surface area (Å²) in [5.41, 5.74) is 4.65. The lowest BCUT2D eigenvalue weighted by atomic mass is 9.82. The van der Waals surface area contributed by atoms with Crippen molar-refractivity contribution in [1.82, 2.24) is 0 Å². The average molecular weight is 306 g/mol. The van der Waals surface area contributed by atoms with Gasteiger partial charge < -0.3 is 14.6 Å². The molecule has 0 spiro atoms. The minimum Gasteiger partial charge on any atom is -0.508 e. The van der Waals surface area contributed by atoms with Crippen molar-refractivity contribution in [3.8, 4) is 28.4 Å². The van der Waals surface area contributed by atoms with E-state index in [0.29, 0.717) is 17.2 Å². The Balaban J connectivity index is 2.12. The maximum Gasteiger partial charge on any atom is 0.161 e. The monoisotopic (exact) mass is 306 g/mol. The molecule has 0 saturated heterocycles. The summed E-state index contributed by atoms with van der Waals surface area (Å²) >= 11 is 0. The van der Waals surface area contributed by atoms with E-state index in [1.165, 1.54) is 11.1 Å².